The molecule has 6 rings (SSSR count). The maximum Gasteiger partial charge on any atom is 0.222 e. The van der Waals surface area contributed by atoms with Crippen LogP contribution in [0.2, 0.25) is 0 Å². The molecule has 4 bridgehead atoms. The molecule has 2 N–H and O–H groups in total. The molecule has 2 aromatic heterocycles. The molecule has 1 saturated heterocycles. The van der Waals surface area contributed by atoms with Gasteiger partial charge in [-0.1, -0.05) is 17.7 Å². The van der Waals surface area contributed by atoms with Gasteiger partial charge in [-0.05, 0) is 18.9 Å². The van der Waals surface area contributed by atoms with Crippen LogP contribution in [0.25, 0.3) is 11.0 Å². The number of anilines is 1. The zero-order valence-electron chi connectivity index (χ0n) is 17.6. The lowest BCUT2D eigenvalue weighted by atomic mass is 10.1. The molecular weight excluding hydrogens is 432 g/mol. The summed E-state index contributed by atoms with van der Waals surface area (Å²) in [7, 11) is 0. The molecule has 10 heteroatoms. The van der Waals surface area contributed by atoms with Gasteiger partial charge >= 0.3 is 0 Å². The first-order chi connectivity index (χ1) is 15.6. The van der Waals surface area contributed by atoms with E-state index in [9.17, 15) is 9.90 Å². The first-order valence-corrected chi connectivity index (χ1v) is 11.3. The summed E-state index contributed by atoms with van der Waals surface area (Å²) < 4.78 is 5.90. The standard InChI is InChI=1S/C22H25ClN6O3/c23-16-5-4-14-11-17(16)32-10-2-1-3-18(30)28-6-8-29(9-7-28)21-19-15(12-24-14)22(31)27-20(19)25-13-26-21/h4-5,12-14,31H,1-3,6-11H2,(H,25,26,27). The number of fused-ring (bicyclic) bond motifs is 7. The number of rotatable bonds is 0. The summed E-state index contributed by atoms with van der Waals surface area (Å²) in [6, 6.07) is -0.158. The normalized spacial score (nSPS) is 22.3. The van der Waals surface area contributed by atoms with Crippen molar-refractivity contribution in [3.63, 3.8) is 0 Å². The van der Waals surface area contributed by atoms with E-state index in [1.807, 2.05) is 11.0 Å². The van der Waals surface area contributed by atoms with E-state index >= 15 is 0 Å². The third kappa shape index (κ3) is 4.04. The van der Waals surface area contributed by atoms with Gasteiger partial charge in [-0.3, -0.25) is 9.79 Å². The van der Waals surface area contributed by atoms with Crippen LogP contribution in [0.15, 0.2) is 34.3 Å². The average Bonchev–Trinajstić information content (AvgIpc) is 3.13. The number of halogens is 1. The summed E-state index contributed by atoms with van der Waals surface area (Å²) in [5.41, 5.74) is 1.10. The maximum absolute atomic E-state index is 12.6. The van der Waals surface area contributed by atoms with Crippen molar-refractivity contribution in [2.45, 2.75) is 31.7 Å². The van der Waals surface area contributed by atoms with Gasteiger partial charge in [-0.15, -0.1) is 0 Å². The van der Waals surface area contributed by atoms with E-state index in [1.54, 1.807) is 12.3 Å². The van der Waals surface area contributed by atoms with Gasteiger partial charge in [0.1, 0.15) is 23.6 Å². The fourth-order valence-corrected chi connectivity index (χ4v) is 4.53. The van der Waals surface area contributed by atoms with Crippen LogP contribution in [0.4, 0.5) is 5.82 Å². The van der Waals surface area contributed by atoms with Gasteiger partial charge in [0.25, 0.3) is 0 Å². The SMILES string of the molecule is O=C1CCCCOC2=C(Cl)C=CC(C2)N=Cc2c(O)[nH]c3ncnc(c23)N2CCN1CC2. The Hall–Kier alpha value is -3.07. The summed E-state index contributed by atoms with van der Waals surface area (Å²) in [5, 5.41) is 11.9. The van der Waals surface area contributed by atoms with Crippen molar-refractivity contribution >= 4 is 40.6 Å². The van der Waals surface area contributed by atoms with E-state index in [2.05, 4.69) is 24.8 Å². The molecule has 1 atom stereocenters. The van der Waals surface area contributed by atoms with E-state index < -0.39 is 0 Å². The summed E-state index contributed by atoms with van der Waals surface area (Å²) in [6.07, 6.45) is 9.48. The van der Waals surface area contributed by atoms with Crippen LogP contribution in [0, 0.1) is 0 Å². The number of nitrogens with one attached hydrogen (secondary N) is 1. The van der Waals surface area contributed by atoms with Crippen molar-refractivity contribution in [3.8, 4) is 5.88 Å². The zero-order chi connectivity index (χ0) is 22.1. The number of hydrogen-bond donors (Lipinski definition) is 2. The number of hydrogen-bond acceptors (Lipinski definition) is 7. The van der Waals surface area contributed by atoms with E-state index in [-0.39, 0.29) is 17.8 Å². The molecular formula is C22H25ClN6O3. The van der Waals surface area contributed by atoms with E-state index in [1.165, 1.54) is 6.33 Å². The largest absolute Gasteiger partial charge is 0.496 e. The monoisotopic (exact) mass is 456 g/mol. The second-order valence-electron chi connectivity index (χ2n) is 8.16. The molecule has 1 aliphatic carbocycles. The maximum atomic E-state index is 12.6. The Bertz CT molecular complexity index is 1120. The smallest absolute Gasteiger partial charge is 0.222 e. The highest BCUT2D eigenvalue weighted by Crippen LogP contribution is 2.32. The molecule has 5 heterocycles. The third-order valence-electron chi connectivity index (χ3n) is 6.10. The van der Waals surface area contributed by atoms with E-state index in [0.717, 1.165) is 24.0 Å². The van der Waals surface area contributed by atoms with Crippen molar-refractivity contribution in [1.82, 2.24) is 19.9 Å². The zero-order valence-corrected chi connectivity index (χ0v) is 18.4. The van der Waals surface area contributed by atoms with Crippen LogP contribution in [-0.2, 0) is 9.53 Å². The van der Waals surface area contributed by atoms with Gasteiger partial charge < -0.3 is 24.6 Å². The molecule has 32 heavy (non-hydrogen) atoms. The molecule has 2 aromatic rings. The first-order valence-electron chi connectivity index (χ1n) is 10.9. The Morgan fingerprint density at radius 3 is 2.81 bits per heavy atom. The van der Waals surface area contributed by atoms with Crippen LogP contribution in [0.5, 0.6) is 5.88 Å². The molecule has 168 valence electrons. The lowest BCUT2D eigenvalue weighted by Gasteiger charge is -2.35. The Morgan fingerprint density at radius 1 is 1.16 bits per heavy atom. The number of piperazine rings is 1. The Kier molecular flexibility index (Phi) is 5.73. The average molecular weight is 457 g/mol. The number of aromatic amines is 1. The van der Waals surface area contributed by atoms with Crippen LogP contribution in [-0.4, -0.2) is 75.9 Å². The number of nitrogens with zero attached hydrogens (tertiary/aromatic N) is 5. The van der Waals surface area contributed by atoms with Crippen molar-refractivity contribution in [2.75, 3.05) is 37.7 Å². The van der Waals surface area contributed by atoms with E-state index in [0.29, 0.717) is 67.6 Å². The lowest BCUT2D eigenvalue weighted by molar-refractivity contribution is -0.131. The van der Waals surface area contributed by atoms with Crippen LogP contribution < -0.4 is 4.90 Å². The molecule has 4 aliphatic rings. The second kappa shape index (κ2) is 8.82. The van der Waals surface area contributed by atoms with Crippen LogP contribution in [0.3, 0.4) is 0 Å². The van der Waals surface area contributed by atoms with Crippen molar-refractivity contribution in [1.29, 1.82) is 0 Å². The van der Waals surface area contributed by atoms with Crippen molar-refractivity contribution in [3.05, 3.63) is 34.8 Å². The summed E-state index contributed by atoms with van der Waals surface area (Å²) >= 11 is 6.31. The molecule has 0 aromatic carbocycles. The van der Waals surface area contributed by atoms with Gasteiger partial charge in [-0.25, -0.2) is 9.97 Å². The number of H-pyrrole nitrogens is 1. The molecule has 0 saturated carbocycles. The number of aliphatic imine (C=N–C) groups is 1. The number of aromatic hydroxyl groups is 1. The fraction of sp³-hybridized carbons (Fsp3) is 0.455. The summed E-state index contributed by atoms with van der Waals surface area (Å²) in [5.74, 6) is 1.60. The Morgan fingerprint density at radius 2 is 1.97 bits per heavy atom. The van der Waals surface area contributed by atoms with Crippen molar-refractivity contribution < 1.29 is 14.6 Å². The first kappa shape index (κ1) is 20.8. The van der Waals surface area contributed by atoms with Gasteiger partial charge in [-0.2, -0.15) is 0 Å². The molecule has 1 unspecified atom stereocenters. The molecule has 9 nitrogen and oxygen atoms in total. The number of aromatic nitrogens is 3. The van der Waals surface area contributed by atoms with Gasteiger partial charge in [0.15, 0.2) is 5.88 Å². The quantitative estimate of drug-likeness (QED) is 0.631. The fourth-order valence-electron chi connectivity index (χ4n) is 4.33. The highest BCUT2D eigenvalue weighted by Gasteiger charge is 2.26. The number of amides is 1. The molecule has 0 radical (unpaired) electrons. The van der Waals surface area contributed by atoms with Gasteiger partial charge in [0, 0.05) is 45.2 Å². The topological polar surface area (TPSA) is 107 Å². The third-order valence-corrected chi connectivity index (χ3v) is 6.44. The van der Waals surface area contributed by atoms with Crippen molar-refractivity contribution in [2.24, 2.45) is 4.99 Å². The van der Waals surface area contributed by atoms with Gasteiger partial charge in [0.05, 0.1) is 28.6 Å². The number of carbonyl (C=O) groups is 1. The number of allylic oxidation sites excluding steroid dienone is 2. The van der Waals surface area contributed by atoms with Crippen LogP contribution in [0.1, 0.15) is 31.2 Å². The Labute approximate surface area is 190 Å². The molecule has 1 amide bonds. The predicted molar refractivity (Wildman–Crippen MR) is 122 cm³/mol. The minimum Gasteiger partial charge on any atom is -0.496 e. The molecule has 3 aliphatic heterocycles. The highest BCUT2D eigenvalue weighted by atomic mass is 35.5. The second-order valence-corrected chi connectivity index (χ2v) is 8.57. The van der Waals surface area contributed by atoms with Crippen LogP contribution >= 0.6 is 11.6 Å². The van der Waals surface area contributed by atoms with E-state index in [4.69, 9.17) is 16.3 Å². The highest BCUT2D eigenvalue weighted by molar-refractivity contribution is 6.31. The van der Waals surface area contributed by atoms with Gasteiger partial charge in [0.2, 0.25) is 5.91 Å². The minimum atomic E-state index is -0.158. The Balaban J connectivity index is 1.52. The summed E-state index contributed by atoms with van der Waals surface area (Å²) in [6.45, 7) is 3.12. The molecule has 1 fully saturated rings. The lowest BCUT2D eigenvalue weighted by Crippen LogP contribution is -2.49. The number of ether oxygens (including phenoxy) is 1. The summed E-state index contributed by atoms with van der Waals surface area (Å²) in [4.78, 5) is 33.1. The minimum absolute atomic E-state index is 0.00134. The number of carbonyl (C=O) groups excluding carboxylic acids is 1. The predicted octanol–water partition coefficient (Wildman–Crippen LogP) is 2.71. The molecule has 0 spiro atoms.